The molecule has 0 aliphatic rings. The zero-order chi connectivity index (χ0) is 13.3. The van der Waals surface area contributed by atoms with Gasteiger partial charge in [0.1, 0.15) is 0 Å². The predicted octanol–water partition coefficient (Wildman–Crippen LogP) is 5.96. The van der Waals surface area contributed by atoms with E-state index in [-0.39, 0.29) is 5.41 Å². The molecule has 0 radical (unpaired) electrons. The number of halogens is 2. The van der Waals surface area contributed by atoms with Gasteiger partial charge >= 0.3 is 0 Å². The Morgan fingerprint density at radius 3 is 1.89 bits per heavy atom. The first kappa shape index (κ1) is 13.5. The van der Waals surface area contributed by atoms with Gasteiger partial charge in [-0.05, 0) is 28.7 Å². The minimum Gasteiger partial charge on any atom is -0.0836 e. The van der Waals surface area contributed by atoms with E-state index in [0.29, 0.717) is 10.0 Å². The molecule has 0 aliphatic carbocycles. The lowest BCUT2D eigenvalue weighted by Crippen LogP contribution is -2.12. The Kier molecular flexibility index (Phi) is 3.70. The molecule has 0 N–H and O–H groups in total. The van der Waals surface area contributed by atoms with Crippen molar-refractivity contribution in [2.24, 2.45) is 0 Å². The molecule has 0 fully saturated rings. The van der Waals surface area contributed by atoms with Crippen molar-refractivity contribution in [1.29, 1.82) is 0 Å². The van der Waals surface area contributed by atoms with Crippen LogP contribution >= 0.6 is 23.2 Å². The quantitative estimate of drug-likeness (QED) is 0.604. The second kappa shape index (κ2) is 4.95. The van der Waals surface area contributed by atoms with Crippen LogP contribution in [0.1, 0.15) is 26.3 Å². The number of hydrogen-bond acceptors (Lipinski definition) is 0. The summed E-state index contributed by atoms with van der Waals surface area (Å²) in [6.07, 6.45) is 0. The van der Waals surface area contributed by atoms with Gasteiger partial charge in [-0.15, -0.1) is 0 Å². The maximum absolute atomic E-state index is 6.30. The molecule has 0 saturated heterocycles. The van der Waals surface area contributed by atoms with Gasteiger partial charge in [-0.1, -0.05) is 74.3 Å². The number of benzene rings is 2. The Bertz CT molecular complexity index is 545. The molecular formula is C16H16Cl2. The lowest BCUT2D eigenvalue weighted by atomic mass is 9.82. The Labute approximate surface area is 119 Å². The largest absolute Gasteiger partial charge is 0.0836 e. The summed E-state index contributed by atoms with van der Waals surface area (Å²) in [7, 11) is 0. The third-order valence-corrected chi connectivity index (χ3v) is 3.60. The van der Waals surface area contributed by atoms with Crippen molar-refractivity contribution in [1.82, 2.24) is 0 Å². The summed E-state index contributed by atoms with van der Waals surface area (Å²) < 4.78 is 0. The van der Waals surface area contributed by atoms with E-state index in [1.54, 1.807) is 0 Å². The van der Waals surface area contributed by atoms with E-state index in [1.807, 2.05) is 24.3 Å². The van der Waals surface area contributed by atoms with Gasteiger partial charge in [-0.25, -0.2) is 0 Å². The maximum Gasteiger partial charge on any atom is 0.0499 e. The Morgan fingerprint density at radius 1 is 0.778 bits per heavy atom. The molecule has 0 spiro atoms. The third kappa shape index (κ3) is 2.55. The fourth-order valence-corrected chi connectivity index (χ4v) is 2.71. The van der Waals surface area contributed by atoms with Crippen molar-refractivity contribution in [3.05, 3.63) is 58.1 Å². The summed E-state index contributed by atoms with van der Waals surface area (Å²) in [5.41, 5.74) is 3.34. The first-order valence-corrected chi connectivity index (χ1v) is 6.71. The zero-order valence-electron chi connectivity index (χ0n) is 10.8. The molecule has 0 nitrogen and oxygen atoms in total. The standard InChI is InChI=1S/C16H16Cl2/c1-16(2,3)12-8-5-4-7-11(12)15-13(17)9-6-10-14(15)18/h4-10H,1-3H3. The zero-order valence-corrected chi connectivity index (χ0v) is 12.3. The first-order valence-electron chi connectivity index (χ1n) is 5.95. The minimum atomic E-state index is 0.0547. The summed E-state index contributed by atoms with van der Waals surface area (Å²) in [5.74, 6) is 0. The lowest BCUT2D eigenvalue weighted by molar-refractivity contribution is 0.592. The summed E-state index contributed by atoms with van der Waals surface area (Å²) in [6.45, 7) is 6.57. The molecule has 94 valence electrons. The predicted molar refractivity (Wildman–Crippen MR) is 80.6 cm³/mol. The maximum atomic E-state index is 6.30. The van der Waals surface area contributed by atoms with Gasteiger partial charge in [-0.2, -0.15) is 0 Å². The molecular weight excluding hydrogens is 263 g/mol. The van der Waals surface area contributed by atoms with Gasteiger partial charge in [0.25, 0.3) is 0 Å². The number of rotatable bonds is 1. The van der Waals surface area contributed by atoms with Crippen molar-refractivity contribution in [3.63, 3.8) is 0 Å². The molecule has 18 heavy (non-hydrogen) atoms. The fourth-order valence-electron chi connectivity index (χ4n) is 2.11. The van der Waals surface area contributed by atoms with E-state index in [0.717, 1.165) is 11.1 Å². The van der Waals surface area contributed by atoms with Crippen molar-refractivity contribution in [2.75, 3.05) is 0 Å². The molecule has 0 saturated carbocycles. The van der Waals surface area contributed by atoms with Gasteiger partial charge < -0.3 is 0 Å². The first-order chi connectivity index (χ1) is 8.41. The van der Waals surface area contributed by atoms with Crippen LogP contribution in [0.5, 0.6) is 0 Å². The molecule has 0 heterocycles. The van der Waals surface area contributed by atoms with E-state index >= 15 is 0 Å². The van der Waals surface area contributed by atoms with Crippen LogP contribution < -0.4 is 0 Å². The summed E-state index contributed by atoms with van der Waals surface area (Å²) in [4.78, 5) is 0. The van der Waals surface area contributed by atoms with Crippen molar-refractivity contribution >= 4 is 23.2 Å². The van der Waals surface area contributed by atoms with E-state index in [2.05, 4.69) is 39.0 Å². The molecule has 0 aromatic heterocycles. The summed E-state index contributed by atoms with van der Waals surface area (Å²) in [6, 6.07) is 13.9. The van der Waals surface area contributed by atoms with Crippen LogP contribution in [0.3, 0.4) is 0 Å². The van der Waals surface area contributed by atoms with Crippen LogP contribution in [0, 0.1) is 0 Å². The van der Waals surface area contributed by atoms with Crippen LogP contribution in [-0.4, -0.2) is 0 Å². The molecule has 0 bridgehead atoms. The van der Waals surface area contributed by atoms with Gasteiger partial charge in [-0.3, -0.25) is 0 Å². The van der Waals surface area contributed by atoms with Crippen LogP contribution in [0.25, 0.3) is 11.1 Å². The van der Waals surface area contributed by atoms with E-state index in [1.165, 1.54) is 5.56 Å². The third-order valence-electron chi connectivity index (χ3n) is 2.97. The van der Waals surface area contributed by atoms with Gasteiger partial charge in [0.15, 0.2) is 0 Å². The Hall–Kier alpha value is -0.980. The molecule has 2 aromatic carbocycles. The molecule has 0 aliphatic heterocycles. The summed E-state index contributed by atoms with van der Waals surface area (Å²) >= 11 is 12.6. The van der Waals surface area contributed by atoms with Crippen LogP contribution in [0.2, 0.25) is 10.0 Å². The van der Waals surface area contributed by atoms with Crippen LogP contribution in [-0.2, 0) is 5.41 Å². The molecule has 2 heteroatoms. The molecule has 0 amide bonds. The second-order valence-corrected chi connectivity index (χ2v) is 6.21. The van der Waals surface area contributed by atoms with Gasteiger partial charge in [0, 0.05) is 15.6 Å². The fraction of sp³-hybridized carbons (Fsp3) is 0.250. The molecule has 0 unspecified atom stereocenters. The SMILES string of the molecule is CC(C)(C)c1ccccc1-c1c(Cl)cccc1Cl. The van der Waals surface area contributed by atoms with E-state index in [4.69, 9.17) is 23.2 Å². The normalized spacial score (nSPS) is 11.6. The average molecular weight is 279 g/mol. The minimum absolute atomic E-state index is 0.0547. The van der Waals surface area contributed by atoms with E-state index in [9.17, 15) is 0 Å². The van der Waals surface area contributed by atoms with Crippen LogP contribution in [0.15, 0.2) is 42.5 Å². The average Bonchev–Trinajstić information content (AvgIpc) is 2.28. The van der Waals surface area contributed by atoms with Crippen LogP contribution in [0.4, 0.5) is 0 Å². The number of hydrogen-bond donors (Lipinski definition) is 0. The topological polar surface area (TPSA) is 0 Å². The smallest absolute Gasteiger partial charge is 0.0499 e. The Balaban J connectivity index is 2.73. The van der Waals surface area contributed by atoms with Crippen molar-refractivity contribution in [3.8, 4) is 11.1 Å². The van der Waals surface area contributed by atoms with Crippen molar-refractivity contribution in [2.45, 2.75) is 26.2 Å². The van der Waals surface area contributed by atoms with E-state index < -0.39 is 0 Å². The second-order valence-electron chi connectivity index (χ2n) is 5.39. The monoisotopic (exact) mass is 278 g/mol. The Morgan fingerprint density at radius 2 is 1.33 bits per heavy atom. The van der Waals surface area contributed by atoms with Gasteiger partial charge in [0.05, 0.1) is 0 Å². The molecule has 2 rings (SSSR count). The molecule has 2 aromatic rings. The molecule has 0 atom stereocenters. The summed E-state index contributed by atoms with van der Waals surface area (Å²) in [5, 5.41) is 1.39. The highest BCUT2D eigenvalue weighted by Gasteiger charge is 2.20. The highest BCUT2D eigenvalue weighted by Crippen LogP contribution is 2.40. The van der Waals surface area contributed by atoms with Crippen molar-refractivity contribution < 1.29 is 0 Å². The highest BCUT2D eigenvalue weighted by molar-refractivity contribution is 6.39. The van der Waals surface area contributed by atoms with Gasteiger partial charge in [0.2, 0.25) is 0 Å². The highest BCUT2D eigenvalue weighted by atomic mass is 35.5. The lowest BCUT2D eigenvalue weighted by Gasteiger charge is -2.23.